The first-order chi connectivity index (χ1) is 8.34. The molecule has 1 aliphatic heterocycles. The van der Waals surface area contributed by atoms with Gasteiger partial charge in [0, 0.05) is 30.9 Å². The second kappa shape index (κ2) is 4.65. The highest BCUT2D eigenvalue weighted by Gasteiger charge is 2.32. The summed E-state index contributed by atoms with van der Waals surface area (Å²) in [6.07, 6.45) is 5.20. The molecule has 2 aliphatic rings. The summed E-state index contributed by atoms with van der Waals surface area (Å²) >= 11 is 0. The molecule has 0 aromatic heterocycles. The first-order valence-electron chi connectivity index (χ1n) is 6.60. The maximum atomic E-state index is 13.0. The van der Waals surface area contributed by atoms with Crippen molar-refractivity contribution in [3.63, 3.8) is 0 Å². The highest BCUT2D eigenvalue weighted by Crippen LogP contribution is 2.29. The van der Waals surface area contributed by atoms with Crippen LogP contribution >= 0.6 is 0 Å². The first-order valence-corrected chi connectivity index (χ1v) is 6.60. The molecular formula is C14H19FN2. The minimum Gasteiger partial charge on any atom is -0.366 e. The van der Waals surface area contributed by atoms with Gasteiger partial charge in [0.25, 0.3) is 0 Å². The molecular weight excluding hydrogens is 215 g/mol. The van der Waals surface area contributed by atoms with E-state index in [1.165, 1.54) is 31.4 Å². The lowest BCUT2D eigenvalue weighted by Gasteiger charge is -2.46. The lowest BCUT2D eigenvalue weighted by atomic mass is 9.87. The minimum absolute atomic E-state index is 0.149. The highest BCUT2D eigenvalue weighted by molar-refractivity contribution is 5.48. The van der Waals surface area contributed by atoms with Crippen molar-refractivity contribution >= 4 is 5.69 Å². The molecule has 1 saturated carbocycles. The van der Waals surface area contributed by atoms with Crippen LogP contribution in [-0.4, -0.2) is 25.2 Å². The molecule has 3 heteroatoms. The summed E-state index contributed by atoms with van der Waals surface area (Å²) in [5.41, 5.74) is 1.17. The summed E-state index contributed by atoms with van der Waals surface area (Å²) in [6.45, 7) is 2.07. The number of rotatable bonds is 1. The Hall–Kier alpha value is -1.09. The largest absolute Gasteiger partial charge is 0.366 e. The molecule has 0 radical (unpaired) electrons. The molecule has 1 aromatic rings. The van der Waals surface area contributed by atoms with Gasteiger partial charge in [0.1, 0.15) is 5.82 Å². The van der Waals surface area contributed by atoms with Gasteiger partial charge in [-0.3, -0.25) is 0 Å². The maximum Gasteiger partial charge on any atom is 0.123 e. The second-order valence-corrected chi connectivity index (χ2v) is 5.08. The lowest BCUT2D eigenvalue weighted by Crippen LogP contribution is -2.59. The Morgan fingerprint density at radius 2 is 1.88 bits per heavy atom. The zero-order valence-electron chi connectivity index (χ0n) is 10.0. The average molecular weight is 234 g/mol. The van der Waals surface area contributed by atoms with E-state index in [0.717, 1.165) is 13.1 Å². The number of anilines is 1. The van der Waals surface area contributed by atoms with E-state index in [4.69, 9.17) is 0 Å². The van der Waals surface area contributed by atoms with E-state index in [0.29, 0.717) is 12.1 Å². The quantitative estimate of drug-likeness (QED) is 0.803. The van der Waals surface area contributed by atoms with Crippen LogP contribution in [0.2, 0.25) is 0 Å². The fourth-order valence-electron chi connectivity index (χ4n) is 3.21. The summed E-state index contributed by atoms with van der Waals surface area (Å²) in [6, 6.07) is 8.17. The fraction of sp³-hybridized carbons (Fsp3) is 0.571. The van der Waals surface area contributed by atoms with Crippen LogP contribution in [0.15, 0.2) is 24.3 Å². The predicted molar refractivity (Wildman–Crippen MR) is 67.8 cm³/mol. The minimum atomic E-state index is -0.149. The molecule has 2 nitrogen and oxygen atoms in total. The van der Waals surface area contributed by atoms with Crippen LogP contribution in [0.3, 0.4) is 0 Å². The van der Waals surface area contributed by atoms with Crippen molar-refractivity contribution in [3.05, 3.63) is 30.1 Å². The Labute approximate surface area is 102 Å². The van der Waals surface area contributed by atoms with Crippen molar-refractivity contribution in [1.82, 2.24) is 5.32 Å². The topological polar surface area (TPSA) is 15.3 Å². The van der Waals surface area contributed by atoms with Gasteiger partial charge in [0.05, 0.1) is 0 Å². The summed E-state index contributed by atoms with van der Waals surface area (Å²) in [7, 11) is 0. The third-order valence-electron chi connectivity index (χ3n) is 4.05. The molecule has 0 unspecified atom stereocenters. The molecule has 0 bridgehead atoms. The van der Waals surface area contributed by atoms with Gasteiger partial charge in [-0.2, -0.15) is 0 Å². The van der Waals surface area contributed by atoms with E-state index in [1.54, 1.807) is 12.1 Å². The maximum absolute atomic E-state index is 13.0. The Balaban J connectivity index is 1.83. The number of hydrogen-bond donors (Lipinski definition) is 1. The van der Waals surface area contributed by atoms with Crippen molar-refractivity contribution in [1.29, 1.82) is 0 Å². The monoisotopic (exact) mass is 234 g/mol. The zero-order chi connectivity index (χ0) is 11.7. The molecule has 1 heterocycles. The Morgan fingerprint density at radius 1 is 1.12 bits per heavy atom. The molecule has 1 saturated heterocycles. The molecule has 2 fully saturated rings. The van der Waals surface area contributed by atoms with Crippen molar-refractivity contribution in [2.24, 2.45) is 0 Å². The van der Waals surface area contributed by atoms with Crippen molar-refractivity contribution < 1.29 is 4.39 Å². The molecule has 1 aliphatic carbocycles. The van der Waals surface area contributed by atoms with Crippen molar-refractivity contribution in [2.75, 3.05) is 18.0 Å². The van der Waals surface area contributed by atoms with Gasteiger partial charge in [-0.25, -0.2) is 4.39 Å². The second-order valence-electron chi connectivity index (χ2n) is 5.08. The highest BCUT2D eigenvalue weighted by atomic mass is 19.1. The molecule has 1 N–H and O–H groups in total. The van der Waals surface area contributed by atoms with Gasteiger partial charge in [-0.05, 0) is 37.1 Å². The summed E-state index contributed by atoms with van der Waals surface area (Å²) in [5.74, 6) is -0.149. The summed E-state index contributed by atoms with van der Waals surface area (Å²) in [5, 5.41) is 3.62. The van der Waals surface area contributed by atoms with Gasteiger partial charge in [0.2, 0.25) is 0 Å². The van der Waals surface area contributed by atoms with Crippen LogP contribution in [0.1, 0.15) is 25.7 Å². The van der Waals surface area contributed by atoms with Gasteiger partial charge < -0.3 is 10.2 Å². The van der Waals surface area contributed by atoms with E-state index in [9.17, 15) is 4.39 Å². The number of nitrogens with zero attached hydrogens (tertiary/aromatic N) is 1. The molecule has 3 rings (SSSR count). The van der Waals surface area contributed by atoms with Crippen LogP contribution in [0.5, 0.6) is 0 Å². The average Bonchev–Trinajstić information content (AvgIpc) is 2.39. The van der Waals surface area contributed by atoms with Crippen LogP contribution in [-0.2, 0) is 0 Å². The molecule has 1 aromatic carbocycles. The first kappa shape index (κ1) is 11.0. The van der Waals surface area contributed by atoms with Crippen LogP contribution in [0.4, 0.5) is 10.1 Å². The van der Waals surface area contributed by atoms with Crippen LogP contribution < -0.4 is 10.2 Å². The number of fused-ring (bicyclic) bond motifs is 1. The van der Waals surface area contributed by atoms with E-state index in [1.807, 2.05) is 12.1 Å². The Bertz CT molecular complexity index is 374. The number of piperazine rings is 1. The standard InChI is InChI=1S/C14H19FN2/c15-11-5-7-12(8-6-11)17-10-9-16-13-3-1-2-4-14(13)17/h5-8,13-14,16H,1-4,9-10H2/t13-,14+/m1/s1. The Morgan fingerprint density at radius 3 is 2.71 bits per heavy atom. The fourth-order valence-corrected chi connectivity index (χ4v) is 3.21. The van der Waals surface area contributed by atoms with Crippen LogP contribution in [0, 0.1) is 5.82 Å². The lowest BCUT2D eigenvalue weighted by molar-refractivity contribution is 0.284. The zero-order valence-corrected chi connectivity index (χ0v) is 10.0. The third-order valence-corrected chi connectivity index (χ3v) is 4.05. The van der Waals surface area contributed by atoms with Gasteiger partial charge in [0.15, 0.2) is 0 Å². The number of benzene rings is 1. The molecule has 0 amide bonds. The van der Waals surface area contributed by atoms with E-state index in [-0.39, 0.29) is 5.82 Å². The molecule has 17 heavy (non-hydrogen) atoms. The third kappa shape index (κ3) is 2.16. The smallest absolute Gasteiger partial charge is 0.123 e. The SMILES string of the molecule is Fc1ccc(N2CCN[C@@H]3CCCC[C@@H]32)cc1. The van der Waals surface area contributed by atoms with E-state index < -0.39 is 0 Å². The van der Waals surface area contributed by atoms with Gasteiger partial charge >= 0.3 is 0 Å². The molecule has 0 spiro atoms. The number of hydrogen-bond acceptors (Lipinski definition) is 2. The Kier molecular flexibility index (Phi) is 3.02. The predicted octanol–water partition coefficient (Wildman–Crippen LogP) is 2.55. The van der Waals surface area contributed by atoms with E-state index in [2.05, 4.69) is 10.2 Å². The van der Waals surface area contributed by atoms with E-state index >= 15 is 0 Å². The van der Waals surface area contributed by atoms with Crippen molar-refractivity contribution in [3.8, 4) is 0 Å². The molecule has 2 atom stereocenters. The van der Waals surface area contributed by atoms with Crippen molar-refractivity contribution in [2.45, 2.75) is 37.8 Å². The molecule has 92 valence electrons. The summed E-state index contributed by atoms with van der Waals surface area (Å²) in [4.78, 5) is 2.46. The van der Waals surface area contributed by atoms with Crippen LogP contribution in [0.25, 0.3) is 0 Å². The number of nitrogens with one attached hydrogen (secondary N) is 1. The van der Waals surface area contributed by atoms with Gasteiger partial charge in [-0.1, -0.05) is 12.8 Å². The van der Waals surface area contributed by atoms with Gasteiger partial charge in [-0.15, -0.1) is 0 Å². The normalized spacial score (nSPS) is 28.9. The summed E-state index contributed by atoms with van der Waals surface area (Å²) < 4.78 is 13.0. The number of halogens is 1.